The van der Waals surface area contributed by atoms with Gasteiger partial charge in [-0.15, -0.1) is 0 Å². The maximum absolute atomic E-state index is 10.2. The molecule has 2 nitrogen and oxygen atoms in total. The second-order valence-electron chi connectivity index (χ2n) is 4.81. The third-order valence-corrected chi connectivity index (χ3v) is 3.04. The van der Waals surface area contributed by atoms with Crippen LogP contribution in [0.25, 0.3) is 0 Å². The van der Waals surface area contributed by atoms with E-state index in [0.29, 0.717) is 6.42 Å². The van der Waals surface area contributed by atoms with E-state index in [0.717, 1.165) is 25.5 Å². The van der Waals surface area contributed by atoms with Gasteiger partial charge < -0.3 is 9.90 Å². The molecule has 0 heterocycles. The first-order valence-corrected chi connectivity index (χ1v) is 5.71. The second-order valence-corrected chi connectivity index (χ2v) is 4.81. The SMILES string of the molecule is C/C(=C\CCC(C)(O)C(C)C)CCC=O. The lowest BCUT2D eigenvalue weighted by Gasteiger charge is -2.27. The smallest absolute Gasteiger partial charge is 0.120 e. The Morgan fingerprint density at radius 3 is 2.47 bits per heavy atom. The first-order valence-electron chi connectivity index (χ1n) is 5.71. The van der Waals surface area contributed by atoms with Gasteiger partial charge in [0.05, 0.1) is 5.60 Å². The first-order chi connectivity index (χ1) is 6.90. The predicted octanol–water partition coefficient (Wildman–Crippen LogP) is 3.10. The summed E-state index contributed by atoms with van der Waals surface area (Å²) in [6.07, 6.45) is 6.18. The van der Waals surface area contributed by atoms with Crippen molar-refractivity contribution < 1.29 is 9.90 Å². The van der Waals surface area contributed by atoms with Crippen LogP contribution in [0.1, 0.15) is 53.4 Å². The van der Waals surface area contributed by atoms with Gasteiger partial charge in [0.25, 0.3) is 0 Å². The van der Waals surface area contributed by atoms with Gasteiger partial charge in [0.2, 0.25) is 0 Å². The molecular formula is C13H24O2. The maximum atomic E-state index is 10.2. The number of allylic oxidation sites excluding steroid dienone is 2. The number of hydrogen-bond acceptors (Lipinski definition) is 2. The summed E-state index contributed by atoms with van der Waals surface area (Å²) in [4.78, 5) is 10.2. The van der Waals surface area contributed by atoms with E-state index in [9.17, 15) is 9.90 Å². The van der Waals surface area contributed by atoms with E-state index >= 15 is 0 Å². The van der Waals surface area contributed by atoms with Crippen molar-refractivity contribution in [2.75, 3.05) is 0 Å². The molecule has 0 rings (SSSR count). The van der Waals surface area contributed by atoms with E-state index in [-0.39, 0.29) is 5.92 Å². The van der Waals surface area contributed by atoms with Crippen molar-refractivity contribution in [1.82, 2.24) is 0 Å². The molecule has 1 N–H and O–H groups in total. The lowest BCUT2D eigenvalue weighted by Crippen LogP contribution is -2.30. The average Bonchev–Trinajstić information content (AvgIpc) is 2.14. The van der Waals surface area contributed by atoms with Crippen LogP contribution < -0.4 is 0 Å². The van der Waals surface area contributed by atoms with Crippen LogP contribution in [0.2, 0.25) is 0 Å². The number of aldehydes is 1. The summed E-state index contributed by atoms with van der Waals surface area (Å²) in [5, 5.41) is 10.00. The lowest BCUT2D eigenvalue weighted by atomic mass is 9.87. The molecule has 15 heavy (non-hydrogen) atoms. The van der Waals surface area contributed by atoms with Crippen molar-refractivity contribution in [2.24, 2.45) is 5.92 Å². The molecule has 0 aromatic heterocycles. The molecule has 1 atom stereocenters. The number of carbonyl (C=O) groups excluding carboxylic acids is 1. The largest absolute Gasteiger partial charge is 0.390 e. The van der Waals surface area contributed by atoms with Gasteiger partial charge in [0.1, 0.15) is 6.29 Å². The summed E-state index contributed by atoms with van der Waals surface area (Å²) in [5.74, 6) is 0.279. The minimum absolute atomic E-state index is 0.279. The second kappa shape index (κ2) is 6.78. The molecule has 88 valence electrons. The highest BCUT2D eigenvalue weighted by molar-refractivity contribution is 5.49. The monoisotopic (exact) mass is 212 g/mol. The van der Waals surface area contributed by atoms with E-state index in [1.54, 1.807) is 0 Å². The maximum Gasteiger partial charge on any atom is 0.120 e. The van der Waals surface area contributed by atoms with Crippen LogP contribution in [-0.4, -0.2) is 17.0 Å². The molecule has 0 aliphatic carbocycles. The minimum Gasteiger partial charge on any atom is -0.390 e. The summed E-state index contributed by atoms with van der Waals surface area (Å²) < 4.78 is 0. The highest BCUT2D eigenvalue weighted by Gasteiger charge is 2.23. The van der Waals surface area contributed by atoms with Crippen LogP contribution in [-0.2, 0) is 4.79 Å². The molecule has 0 fully saturated rings. The molecule has 0 amide bonds. The molecule has 0 saturated heterocycles. The molecule has 1 unspecified atom stereocenters. The predicted molar refractivity (Wildman–Crippen MR) is 63.8 cm³/mol. The Bertz CT molecular complexity index is 215. The molecule has 0 aliphatic rings. The molecule has 0 bridgehead atoms. The van der Waals surface area contributed by atoms with Crippen molar-refractivity contribution in [3.8, 4) is 0 Å². The van der Waals surface area contributed by atoms with Gasteiger partial charge in [-0.25, -0.2) is 0 Å². The number of aliphatic hydroxyl groups is 1. The van der Waals surface area contributed by atoms with Crippen molar-refractivity contribution in [2.45, 2.75) is 59.0 Å². The Hall–Kier alpha value is -0.630. The summed E-state index contributed by atoms with van der Waals surface area (Å²) >= 11 is 0. The topological polar surface area (TPSA) is 37.3 Å². The van der Waals surface area contributed by atoms with Gasteiger partial charge in [0, 0.05) is 6.42 Å². The quantitative estimate of drug-likeness (QED) is 0.520. The Labute approximate surface area is 93.4 Å². The lowest BCUT2D eigenvalue weighted by molar-refractivity contribution is -0.107. The summed E-state index contributed by atoms with van der Waals surface area (Å²) in [6.45, 7) is 7.98. The van der Waals surface area contributed by atoms with Gasteiger partial charge in [-0.2, -0.15) is 0 Å². The van der Waals surface area contributed by atoms with Crippen molar-refractivity contribution in [3.63, 3.8) is 0 Å². The summed E-state index contributed by atoms with van der Waals surface area (Å²) in [7, 11) is 0. The van der Waals surface area contributed by atoms with Crippen LogP contribution in [0.4, 0.5) is 0 Å². The normalized spacial score (nSPS) is 16.5. The molecule has 0 aromatic rings. The van der Waals surface area contributed by atoms with E-state index in [4.69, 9.17) is 0 Å². The van der Waals surface area contributed by atoms with Crippen molar-refractivity contribution in [3.05, 3.63) is 11.6 Å². The van der Waals surface area contributed by atoms with E-state index in [1.807, 2.05) is 27.7 Å². The summed E-state index contributed by atoms with van der Waals surface area (Å²) in [5.41, 5.74) is 0.656. The standard InChI is InChI=1S/C13H24O2/c1-11(2)13(4,15)9-5-7-12(3)8-6-10-14/h7,10-11,15H,5-6,8-9H2,1-4H3/b12-7+. The molecule has 0 saturated carbocycles. The van der Waals surface area contributed by atoms with Gasteiger partial charge in [-0.05, 0) is 39.0 Å². The van der Waals surface area contributed by atoms with Gasteiger partial charge in [0.15, 0.2) is 0 Å². The Balaban J connectivity index is 3.90. The third kappa shape index (κ3) is 6.45. The fraction of sp³-hybridized carbons (Fsp3) is 0.769. The minimum atomic E-state index is -0.582. The van der Waals surface area contributed by atoms with E-state index in [2.05, 4.69) is 6.08 Å². The Morgan fingerprint density at radius 2 is 2.00 bits per heavy atom. The fourth-order valence-electron chi connectivity index (χ4n) is 1.29. The van der Waals surface area contributed by atoms with Crippen LogP contribution in [0, 0.1) is 5.92 Å². The zero-order valence-corrected chi connectivity index (χ0v) is 10.4. The molecule has 2 heteroatoms. The molecule has 0 radical (unpaired) electrons. The zero-order chi connectivity index (χ0) is 11.9. The Kier molecular flexibility index (Phi) is 6.50. The molecule has 0 spiro atoms. The number of rotatable bonds is 7. The van der Waals surface area contributed by atoms with Crippen molar-refractivity contribution >= 4 is 6.29 Å². The van der Waals surface area contributed by atoms with Gasteiger partial charge >= 0.3 is 0 Å². The van der Waals surface area contributed by atoms with Crippen LogP contribution in [0.3, 0.4) is 0 Å². The van der Waals surface area contributed by atoms with Crippen LogP contribution >= 0.6 is 0 Å². The third-order valence-electron chi connectivity index (χ3n) is 3.04. The van der Waals surface area contributed by atoms with E-state index < -0.39 is 5.60 Å². The average molecular weight is 212 g/mol. The number of hydrogen-bond donors (Lipinski definition) is 1. The Morgan fingerprint density at radius 1 is 1.40 bits per heavy atom. The van der Waals surface area contributed by atoms with Crippen LogP contribution in [0.15, 0.2) is 11.6 Å². The fourth-order valence-corrected chi connectivity index (χ4v) is 1.29. The van der Waals surface area contributed by atoms with Crippen molar-refractivity contribution in [1.29, 1.82) is 0 Å². The highest BCUT2D eigenvalue weighted by Crippen LogP contribution is 2.22. The number of carbonyl (C=O) groups is 1. The molecule has 0 aromatic carbocycles. The molecular weight excluding hydrogens is 188 g/mol. The molecule has 0 aliphatic heterocycles. The van der Waals surface area contributed by atoms with Gasteiger partial charge in [-0.3, -0.25) is 0 Å². The van der Waals surface area contributed by atoms with Crippen LogP contribution in [0.5, 0.6) is 0 Å². The zero-order valence-electron chi connectivity index (χ0n) is 10.4. The highest BCUT2D eigenvalue weighted by atomic mass is 16.3. The first kappa shape index (κ1) is 14.4. The summed E-state index contributed by atoms with van der Waals surface area (Å²) in [6, 6.07) is 0. The van der Waals surface area contributed by atoms with E-state index in [1.165, 1.54) is 5.57 Å². The van der Waals surface area contributed by atoms with Gasteiger partial charge in [-0.1, -0.05) is 25.5 Å².